The number of hydrogen-bond acceptors (Lipinski definition) is 9. The molecular formula is C31H53N3O11P+. The van der Waals surface area contributed by atoms with E-state index < -0.39 is 56.6 Å². The molecule has 14 nitrogen and oxygen atoms in total. The van der Waals surface area contributed by atoms with Crippen LogP contribution in [0.3, 0.4) is 0 Å². The van der Waals surface area contributed by atoms with Crippen LogP contribution in [-0.2, 0) is 28.2 Å². The Balaban J connectivity index is 1.51. The molecule has 1 aromatic heterocycles. The average molecular weight is 675 g/mol. The molecule has 262 valence electrons. The number of H-pyrrole nitrogens is 1. The van der Waals surface area contributed by atoms with Gasteiger partial charge in [-0.15, -0.1) is 9.42 Å². The van der Waals surface area contributed by atoms with Crippen molar-refractivity contribution in [3.05, 3.63) is 33.1 Å². The lowest BCUT2D eigenvalue weighted by Crippen LogP contribution is -2.40. The van der Waals surface area contributed by atoms with Crippen LogP contribution in [-0.4, -0.2) is 74.6 Å². The number of aliphatic carboxylic acids is 1. The van der Waals surface area contributed by atoms with E-state index in [1.165, 1.54) is 44.7 Å². The number of carboxylic acid groups (broad SMARTS) is 1. The van der Waals surface area contributed by atoms with E-state index in [9.17, 15) is 33.7 Å². The van der Waals surface area contributed by atoms with E-state index in [1.807, 2.05) is 0 Å². The number of carbonyl (C=O) groups excluding carboxylic acids is 1. The predicted octanol–water partition coefficient (Wildman–Crippen LogP) is 4.07. The number of carboxylic acids is 1. The van der Waals surface area contributed by atoms with E-state index in [1.54, 1.807) is 0 Å². The number of unbranched alkanes of at least 4 members (excludes halogenated alkanes) is 14. The van der Waals surface area contributed by atoms with Gasteiger partial charge in [-0.25, -0.2) is 4.79 Å². The molecule has 0 saturated carbocycles. The molecule has 3 unspecified atom stereocenters. The van der Waals surface area contributed by atoms with Crippen molar-refractivity contribution in [2.45, 2.75) is 140 Å². The first-order chi connectivity index (χ1) is 22.2. The summed E-state index contributed by atoms with van der Waals surface area (Å²) in [6.45, 7) is 0.311. The van der Waals surface area contributed by atoms with E-state index in [0.29, 0.717) is 19.4 Å². The minimum atomic E-state index is -3.03. The van der Waals surface area contributed by atoms with Crippen LogP contribution >= 0.6 is 8.25 Å². The highest BCUT2D eigenvalue weighted by atomic mass is 31.1. The Morgan fingerprint density at radius 1 is 0.870 bits per heavy atom. The Morgan fingerprint density at radius 3 is 2.00 bits per heavy atom. The van der Waals surface area contributed by atoms with Gasteiger partial charge < -0.3 is 25.0 Å². The Morgan fingerprint density at radius 2 is 1.43 bits per heavy atom. The monoisotopic (exact) mass is 674 g/mol. The largest absolute Gasteiger partial charge is 0.695 e. The SMILES string of the molecule is O=C(O)CCCCCCCCCCCCCCC(=O)NCCCCCCOC1C(O[P+](=O)O)[C@@H](CO)O[C@H]1n1ccc(=O)[nH]c1=O. The fourth-order valence-corrected chi connectivity index (χ4v) is 6.03. The molecule has 1 saturated heterocycles. The van der Waals surface area contributed by atoms with Gasteiger partial charge in [0.15, 0.2) is 12.3 Å². The van der Waals surface area contributed by atoms with Crippen LogP contribution in [0.2, 0.25) is 0 Å². The summed E-state index contributed by atoms with van der Waals surface area (Å²) in [6.07, 6.45) is 14.3. The fourth-order valence-electron chi connectivity index (χ4n) is 5.56. The van der Waals surface area contributed by atoms with Crippen molar-refractivity contribution >= 4 is 20.1 Å². The van der Waals surface area contributed by atoms with Crippen molar-refractivity contribution < 1.29 is 43.3 Å². The first-order valence-electron chi connectivity index (χ1n) is 16.7. The highest BCUT2D eigenvalue weighted by Crippen LogP contribution is 2.37. The zero-order valence-electron chi connectivity index (χ0n) is 26.8. The summed E-state index contributed by atoms with van der Waals surface area (Å²) in [6, 6.07) is 1.14. The number of carbonyl (C=O) groups is 2. The number of nitrogens with zero attached hydrogens (tertiary/aromatic N) is 1. The molecule has 2 rings (SSSR count). The van der Waals surface area contributed by atoms with Gasteiger partial charge in [0, 0.05) is 42.8 Å². The molecule has 1 aliphatic heterocycles. The lowest BCUT2D eigenvalue weighted by atomic mass is 10.0. The van der Waals surface area contributed by atoms with Crippen LogP contribution in [0.25, 0.3) is 0 Å². The molecule has 1 aromatic rings. The van der Waals surface area contributed by atoms with Crippen LogP contribution < -0.4 is 16.6 Å². The molecular weight excluding hydrogens is 621 g/mol. The molecule has 15 heteroatoms. The average Bonchev–Trinajstić information content (AvgIpc) is 3.34. The molecule has 1 fully saturated rings. The number of nitrogens with one attached hydrogen (secondary N) is 2. The van der Waals surface area contributed by atoms with E-state index in [0.717, 1.165) is 68.4 Å². The summed E-state index contributed by atoms with van der Waals surface area (Å²) >= 11 is 0. The minimum absolute atomic E-state index is 0.0724. The quantitative estimate of drug-likeness (QED) is 0.0664. The molecule has 5 N–H and O–H groups in total. The second-order valence-corrected chi connectivity index (χ2v) is 12.5. The Labute approximate surface area is 271 Å². The van der Waals surface area contributed by atoms with E-state index in [4.69, 9.17) is 19.1 Å². The van der Waals surface area contributed by atoms with Gasteiger partial charge in [-0.1, -0.05) is 77.0 Å². The maximum absolute atomic E-state index is 12.3. The highest BCUT2D eigenvalue weighted by molar-refractivity contribution is 7.32. The topological polar surface area (TPSA) is 206 Å². The summed E-state index contributed by atoms with van der Waals surface area (Å²) < 4.78 is 29.2. The van der Waals surface area contributed by atoms with Gasteiger partial charge in [0.05, 0.1) is 6.61 Å². The van der Waals surface area contributed by atoms with Crippen LogP contribution in [0.1, 0.15) is 122 Å². The maximum Gasteiger partial charge on any atom is 0.695 e. The third kappa shape index (κ3) is 16.4. The summed E-state index contributed by atoms with van der Waals surface area (Å²) in [5, 5.41) is 21.3. The first-order valence-corrected chi connectivity index (χ1v) is 17.9. The molecule has 0 bridgehead atoms. The number of aromatic amines is 1. The molecule has 0 radical (unpaired) electrons. The van der Waals surface area contributed by atoms with Crippen molar-refractivity contribution in [3.63, 3.8) is 0 Å². The van der Waals surface area contributed by atoms with Gasteiger partial charge in [0.2, 0.25) is 5.91 Å². The summed E-state index contributed by atoms with van der Waals surface area (Å²) in [7, 11) is -3.03. The van der Waals surface area contributed by atoms with E-state index >= 15 is 0 Å². The number of aliphatic hydroxyl groups excluding tert-OH is 1. The molecule has 0 aromatic carbocycles. The number of aromatic nitrogens is 2. The van der Waals surface area contributed by atoms with Gasteiger partial charge in [-0.3, -0.25) is 23.9 Å². The Kier molecular flexibility index (Phi) is 20.5. The van der Waals surface area contributed by atoms with Crippen LogP contribution in [0, 0.1) is 0 Å². The van der Waals surface area contributed by atoms with Crippen molar-refractivity contribution in [1.82, 2.24) is 14.9 Å². The number of aliphatic hydroxyl groups is 1. The predicted molar refractivity (Wildman–Crippen MR) is 171 cm³/mol. The number of ether oxygens (including phenoxy) is 2. The van der Waals surface area contributed by atoms with Gasteiger partial charge in [-0.2, -0.15) is 0 Å². The standard InChI is InChI=1S/C31H52N3O11P/c35-23-24-28(45-46(41)42)29(30(44-24)34-21-19-26(37)33-31(34)40)43-22-16-12-11-15-20-32-25(36)17-13-9-7-5-3-1-2-4-6-8-10-14-18-27(38)39/h19,21,24,28-30,35H,1-18,20,22-23H2,(H3-,32,33,36,37,38,39,40,41,42)/p+1/t24-,28?,29?,30-/m1/s1. The maximum atomic E-state index is 12.3. The van der Waals surface area contributed by atoms with E-state index in [2.05, 4.69) is 10.3 Å². The Bertz CT molecular complexity index is 1150. The second-order valence-electron chi connectivity index (χ2n) is 11.8. The summed E-state index contributed by atoms with van der Waals surface area (Å²) in [4.78, 5) is 57.8. The first kappa shape index (κ1) is 39.7. The van der Waals surface area contributed by atoms with Gasteiger partial charge in [0.1, 0.15) is 12.2 Å². The zero-order chi connectivity index (χ0) is 33.6. The van der Waals surface area contributed by atoms with Gasteiger partial charge >= 0.3 is 19.9 Å². The molecule has 0 spiro atoms. The Hall–Kier alpha value is -2.48. The number of hydrogen-bond donors (Lipinski definition) is 5. The lowest BCUT2D eigenvalue weighted by Gasteiger charge is -2.22. The van der Waals surface area contributed by atoms with Gasteiger partial charge in [-0.05, 0) is 25.7 Å². The van der Waals surface area contributed by atoms with Crippen LogP contribution in [0.4, 0.5) is 0 Å². The van der Waals surface area contributed by atoms with Gasteiger partial charge in [0.25, 0.3) is 5.56 Å². The summed E-state index contributed by atoms with van der Waals surface area (Å²) in [5.74, 6) is -0.636. The molecule has 46 heavy (non-hydrogen) atoms. The van der Waals surface area contributed by atoms with Crippen molar-refractivity contribution in [2.24, 2.45) is 0 Å². The van der Waals surface area contributed by atoms with Crippen LogP contribution in [0.5, 0.6) is 0 Å². The smallest absolute Gasteiger partial charge is 0.481 e. The van der Waals surface area contributed by atoms with Crippen LogP contribution in [0.15, 0.2) is 21.9 Å². The molecule has 1 aliphatic rings. The van der Waals surface area contributed by atoms with E-state index in [-0.39, 0.29) is 18.9 Å². The van der Waals surface area contributed by atoms with Crippen molar-refractivity contribution in [1.29, 1.82) is 0 Å². The number of rotatable bonds is 27. The molecule has 0 aliphatic carbocycles. The van der Waals surface area contributed by atoms with Crippen molar-refractivity contribution in [3.8, 4) is 0 Å². The lowest BCUT2D eigenvalue weighted by molar-refractivity contribution is -0.137. The highest BCUT2D eigenvalue weighted by Gasteiger charge is 2.51. The third-order valence-electron chi connectivity index (χ3n) is 8.05. The summed E-state index contributed by atoms with van der Waals surface area (Å²) in [5.41, 5.74) is -1.34. The zero-order valence-corrected chi connectivity index (χ0v) is 27.7. The number of amides is 1. The molecule has 2 heterocycles. The minimum Gasteiger partial charge on any atom is -0.481 e. The molecule has 5 atom stereocenters. The molecule has 1 amide bonds. The third-order valence-corrected chi connectivity index (χ3v) is 8.47. The fraction of sp³-hybridized carbons (Fsp3) is 0.806. The van der Waals surface area contributed by atoms with Crippen molar-refractivity contribution in [2.75, 3.05) is 19.8 Å². The normalized spacial score (nSPS) is 19.7. The second kappa shape index (κ2) is 23.8.